The Balaban J connectivity index is 1.52. The van der Waals surface area contributed by atoms with Crippen LogP contribution < -0.4 is 4.74 Å². The second-order valence-electron chi connectivity index (χ2n) is 6.77. The topological polar surface area (TPSA) is 90.0 Å². The molecular weight excluding hydrogens is 358 g/mol. The fourth-order valence-electron chi connectivity index (χ4n) is 3.23. The van der Waals surface area contributed by atoms with Crippen molar-refractivity contribution in [2.24, 2.45) is 0 Å². The molecule has 1 saturated heterocycles. The van der Waals surface area contributed by atoms with Crippen molar-refractivity contribution in [2.75, 3.05) is 25.2 Å². The molecule has 0 N–H and O–H groups in total. The minimum atomic E-state index is -3.07. The van der Waals surface area contributed by atoms with Crippen molar-refractivity contribution < 1.29 is 27.5 Å². The highest BCUT2D eigenvalue weighted by atomic mass is 32.2. The maximum Gasteiger partial charge on any atom is 0.310 e. The van der Waals surface area contributed by atoms with Crippen LogP contribution in [-0.4, -0.2) is 62.5 Å². The van der Waals surface area contributed by atoms with Crippen molar-refractivity contribution in [3.8, 4) is 5.75 Å². The SMILES string of the molecule is COc1ccc(CC(=O)OCC(=O)N(C2CC2)[C@@H]2CCS(=O)(=O)C2)cc1. The van der Waals surface area contributed by atoms with E-state index >= 15 is 0 Å². The lowest BCUT2D eigenvalue weighted by atomic mass is 10.1. The Morgan fingerprint density at radius 2 is 1.81 bits per heavy atom. The number of carbonyl (C=O) groups excluding carboxylic acids is 2. The van der Waals surface area contributed by atoms with Crippen molar-refractivity contribution in [3.05, 3.63) is 29.8 Å². The maximum absolute atomic E-state index is 12.5. The normalized spacial score (nSPS) is 21.2. The van der Waals surface area contributed by atoms with E-state index in [2.05, 4.69) is 0 Å². The molecule has 1 saturated carbocycles. The van der Waals surface area contributed by atoms with Crippen LogP contribution in [0.15, 0.2) is 24.3 Å². The first-order valence-corrected chi connectivity index (χ1v) is 10.5. The van der Waals surface area contributed by atoms with Crippen LogP contribution in [-0.2, 0) is 30.6 Å². The minimum absolute atomic E-state index is 0.00896. The zero-order valence-corrected chi connectivity index (χ0v) is 15.5. The molecule has 142 valence electrons. The number of ether oxygens (including phenoxy) is 2. The third-order valence-corrected chi connectivity index (χ3v) is 6.44. The van der Waals surface area contributed by atoms with E-state index in [-0.39, 0.29) is 42.5 Å². The molecule has 1 aliphatic heterocycles. The summed E-state index contributed by atoms with van der Waals surface area (Å²) in [5.74, 6) is 0.0281. The van der Waals surface area contributed by atoms with Gasteiger partial charge in [0.25, 0.3) is 5.91 Å². The van der Waals surface area contributed by atoms with E-state index in [9.17, 15) is 18.0 Å². The number of hydrogen-bond acceptors (Lipinski definition) is 6. The summed E-state index contributed by atoms with van der Waals surface area (Å²) in [6, 6.07) is 6.83. The van der Waals surface area contributed by atoms with E-state index in [1.807, 2.05) is 0 Å². The Hall–Kier alpha value is -2.09. The Kier molecular flexibility index (Phi) is 5.50. The quantitative estimate of drug-likeness (QED) is 0.654. The lowest BCUT2D eigenvalue weighted by Gasteiger charge is -2.28. The van der Waals surface area contributed by atoms with Gasteiger partial charge in [0.2, 0.25) is 0 Å². The van der Waals surface area contributed by atoms with Crippen molar-refractivity contribution in [3.63, 3.8) is 0 Å². The van der Waals surface area contributed by atoms with Crippen LogP contribution in [0.2, 0.25) is 0 Å². The van der Waals surface area contributed by atoms with E-state index < -0.39 is 15.8 Å². The highest BCUT2D eigenvalue weighted by Crippen LogP contribution is 2.32. The number of esters is 1. The summed E-state index contributed by atoms with van der Waals surface area (Å²) in [5, 5.41) is 0. The van der Waals surface area contributed by atoms with Gasteiger partial charge in [-0.15, -0.1) is 0 Å². The molecule has 1 aromatic rings. The van der Waals surface area contributed by atoms with Gasteiger partial charge >= 0.3 is 5.97 Å². The van der Waals surface area contributed by atoms with E-state index in [0.717, 1.165) is 18.4 Å². The van der Waals surface area contributed by atoms with Gasteiger partial charge in [0.1, 0.15) is 5.75 Å². The van der Waals surface area contributed by atoms with Crippen LogP contribution in [0.1, 0.15) is 24.8 Å². The highest BCUT2D eigenvalue weighted by Gasteiger charge is 2.42. The van der Waals surface area contributed by atoms with Gasteiger partial charge < -0.3 is 14.4 Å². The van der Waals surface area contributed by atoms with Crippen LogP contribution >= 0.6 is 0 Å². The highest BCUT2D eigenvalue weighted by molar-refractivity contribution is 7.91. The molecule has 0 spiro atoms. The number of nitrogens with zero attached hydrogens (tertiary/aromatic N) is 1. The fraction of sp³-hybridized carbons (Fsp3) is 0.556. The average molecular weight is 381 g/mol. The van der Waals surface area contributed by atoms with Gasteiger partial charge in [-0.2, -0.15) is 0 Å². The molecule has 1 amide bonds. The Morgan fingerprint density at radius 1 is 1.12 bits per heavy atom. The maximum atomic E-state index is 12.5. The predicted molar refractivity (Wildman–Crippen MR) is 94.6 cm³/mol. The van der Waals surface area contributed by atoms with Gasteiger partial charge in [-0.1, -0.05) is 12.1 Å². The molecule has 1 aromatic carbocycles. The first kappa shape index (κ1) is 18.7. The molecule has 0 radical (unpaired) electrons. The van der Waals surface area contributed by atoms with Crippen LogP contribution in [0.3, 0.4) is 0 Å². The zero-order chi connectivity index (χ0) is 18.7. The van der Waals surface area contributed by atoms with Crippen LogP contribution in [0.4, 0.5) is 0 Å². The number of methoxy groups -OCH3 is 1. The van der Waals surface area contributed by atoms with E-state index in [1.54, 1.807) is 36.3 Å². The minimum Gasteiger partial charge on any atom is -0.497 e. The molecule has 1 aliphatic carbocycles. The monoisotopic (exact) mass is 381 g/mol. The van der Waals surface area contributed by atoms with Gasteiger partial charge in [0, 0.05) is 12.1 Å². The number of hydrogen-bond donors (Lipinski definition) is 0. The molecule has 1 atom stereocenters. The van der Waals surface area contributed by atoms with Crippen molar-refractivity contribution in [1.29, 1.82) is 0 Å². The number of sulfone groups is 1. The third-order valence-electron chi connectivity index (χ3n) is 4.69. The van der Waals surface area contributed by atoms with E-state index in [4.69, 9.17) is 9.47 Å². The summed E-state index contributed by atoms with van der Waals surface area (Å²) < 4.78 is 33.6. The summed E-state index contributed by atoms with van der Waals surface area (Å²) in [5.41, 5.74) is 0.768. The standard InChI is InChI=1S/C18H23NO6S/c1-24-16-6-2-13(3-7-16)10-18(21)25-11-17(20)19(14-4-5-14)15-8-9-26(22,23)12-15/h2-3,6-7,14-15H,4-5,8-12H2,1H3/t15-/m1/s1. The first-order chi connectivity index (χ1) is 12.4. The molecule has 0 aromatic heterocycles. The van der Waals surface area contributed by atoms with Gasteiger partial charge in [-0.05, 0) is 37.0 Å². The molecular formula is C18H23NO6S. The van der Waals surface area contributed by atoms with E-state index in [0.29, 0.717) is 12.2 Å². The summed E-state index contributed by atoms with van der Waals surface area (Å²) in [7, 11) is -1.50. The van der Waals surface area contributed by atoms with Crippen molar-refractivity contribution in [2.45, 2.75) is 37.8 Å². The molecule has 0 bridgehead atoms. The van der Waals surface area contributed by atoms with Gasteiger partial charge in [-0.25, -0.2) is 8.42 Å². The van der Waals surface area contributed by atoms with Crippen LogP contribution in [0.5, 0.6) is 5.75 Å². The van der Waals surface area contributed by atoms with Gasteiger partial charge in [-0.3, -0.25) is 9.59 Å². The average Bonchev–Trinajstić information content (AvgIpc) is 3.37. The number of rotatable bonds is 7. The Bertz CT molecular complexity index is 769. The van der Waals surface area contributed by atoms with Gasteiger partial charge in [0.05, 0.1) is 25.0 Å². The lowest BCUT2D eigenvalue weighted by molar-refractivity contribution is -0.152. The van der Waals surface area contributed by atoms with Crippen LogP contribution in [0, 0.1) is 0 Å². The second kappa shape index (κ2) is 7.65. The molecule has 26 heavy (non-hydrogen) atoms. The summed E-state index contributed by atoms with van der Waals surface area (Å²) in [4.78, 5) is 26.1. The molecule has 7 nitrogen and oxygen atoms in total. The third kappa shape index (κ3) is 4.75. The smallest absolute Gasteiger partial charge is 0.310 e. The first-order valence-electron chi connectivity index (χ1n) is 8.68. The second-order valence-corrected chi connectivity index (χ2v) is 9.00. The number of benzene rings is 1. The molecule has 8 heteroatoms. The fourth-order valence-corrected chi connectivity index (χ4v) is 4.94. The zero-order valence-electron chi connectivity index (χ0n) is 14.7. The van der Waals surface area contributed by atoms with Gasteiger partial charge in [0.15, 0.2) is 16.4 Å². The Labute approximate surface area is 153 Å². The van der Waals surface area contributed by atoms with Crippen molar-refractivity contribution >= 4 is 21.7 Å². The number of amides is 1. The molecule has 2 aliphatic rings. The number of carbonyl (C=O) groups is 2. The molecule has 1 heterocycles. The lowest BCUT2D eigenvalue weighted by Crippen LogP contribution is -2.44. The largest absolute Gasteiger partial charge is 0.497 e. The predicted octanol–water partition coefficient (Wildman–Crippen LogP) is 0.959. The van der Waals surface area contributed by atoms with Crippen molar-refractivity contribution in [1.82, 2.24) is 4.90 Å². The van der Waals surface area contributed by atoms with Crippen LogP contribution in [0.25, 0.3) is 0 Å². The summed E-state index contributed by atoms with van der Waals surface area (Å²) in [6.07, 6.45) is 2.28. The molecule has 2 fully saturated rings. The van der Waals surface area contributed by atoms with E-state index in [1.165, 1.54) is 0 Å². The molecule has 0 unspecified atom stereocenters. The summed E-state index contributed by atoms with van der Waals surface area (Å²) in [6.45, 7) is -0.345. The summed E-state index contributed by atoms with van der Waals surface area (Å²) >= 11 is 0. The Morgan fingerprint density at radius 3 is 2.35 bits per heavy atom. The molecule has 3 rings (SSSR count).